The van der Waals surface area contributed by atoms with Gasteiger partial charge in [-0.25, -0.2) is 0 Å². The van der Waals surface area contributed by atoms with Gasteiger partial charge in [0.15, 0.2) is 0 Å². The monoisotopic (exact) mass is 418 g/mol. The van der Waals surface area contributed by atoms with Crippen LogP contribution in [0.5, 0.6) is 0 Å². The molecule has 0 aliphatic rings. The highest BCUT2D eigenvalue weighted by atomic mass is 79.9. The minimum Gasteiger partial charge on any atom is -0.319 e. The molecule has 0 heterocycles. The lowest BCUT2D eigenvalue weighted by Crippen LogP contribution is -2.14. The molecule has 1 N–H and O–H groups in total. The Bertz CT molecular complexity index is 754. The van der Waals surface area contributed by atoms with Crippen molar-refractivity contribution < 1.29 is 4.79 Å². The molecule has 3 nitrogen and oxygen atoms in total. The second kappa shape index (κ2) is 7.39. The second-order valence-corrected chi connectivity index (χ2v) is 6.35. The Morgan fingerprint density at radius 1 is 1.18 bits per heavy atom. The second-order valence-electron chi connectivity index (χ2n) is 4.64. The Kier molecular flexibility index (Phi) is 5.53. The predicted octanol–water partition coefficient (Wildman–Crippen LogP) is 5.07. The first-order chi connectivity index (χ1) is 10.5. The number of nitrogens with zero attached hydrogens (tertiary/aromatic N) is 1. The van der Waals surface area contributed by atoms with Crippen LogP contribution in [0.25, 0.3) is 6.08 Å². The van der Waals surface area contributed by atoms with Crippen LogP contribution < -0.4 is 5.32 Å². The van der Waals surface area contributed by atoms with E-state index < -0.39 is 5.91 Å². The Morgan fingerprint density at radius 3 is 2.32 bits per heavy atom. The van der Waals surface area contributed by atoms with Crippen molar-refractivity contribution in [2.75, 3.05) is 5.32 Å². The Balaban J connectivity index is 2.28. The van der Waals surface area contributed by atoms with Gasteiger partial charge in [0.05, 0.1) is 5.69 Å². The van der Waals surface area contributed by atoms with Crippen LogP contribution in [0.1, 0.15) is 11.1 Å². The van der Waals surface area contributed by atoms with Gasteiger partial charge in [-0.15, -0.1) is 0 Å². The Labute approximate surface area is 145 Å². The molecule has 0 bridgehead atoms. The fraction of sp³-hybridized carbons (Fsp3) is 0.0588. The van der Waals surface area contributed by atoms with Crippen LogP contribution in [0.2, 0.25) is 0 Å². The highest BCUT2D eigenvalue weighted by Crippen LogP contribution is 2.32. The van der Waals surface area contributed by atoms with Crippen molar-refractivity contribution in [3.05, 3.63) is 68.1 Å². The zero-order valence-corrected chi connectivity index (χ0v) is 14.9. The third kappa shape index (κ3) is 4.06. The summed E-state index contributed by atoms with van der Waals surface area (Å²) in [4.78, 5) is 12.3. The number of carbonyl (C=O) groups excluding carboxylic acids is 1. The van der Waals surface area contributed by atoms with E-state index in [1.54, 1.807) is 6.08 Å². The van der Waals surface area contributed by atoms with Crippen molar-refractivity contribution >= 4 is 49.5 Å². The quantitative estimate of drug-likeness (QED) is 0.557. The summed E-state index contributed by atoms with van der Waals surface area (Å²) in [5, 5.41) is 12.0. The third-order valence-corrected chi connectivity index (χ3v) is 4.15. The van der Waals surface area contributed by atoms with Crippen LogP contribution in [-0.4, -0.2) is 5.91 Å². The molecule has 1 amide bonds. The number of nitriles is 1. The average Bonchev–Trinajstić information content (AvgIpc) is 2.49. The molecule has 0 atom stereocenters. The van der Waals surface area contributed by atoms with Crippen molar-refractivity contribution in [2.24, 2.45) is 0 Å². The number of nitrogens with one attached hydrogen (secondary N) is 1. The largest absolute Gasteiger partial charge is 0.319 e. The number of aryl methyl sites for hydroxylation is 1. The molecular weight excluding hydrogens is 408 g/mol. The van der Waals surface area contributed by atoms with Crippen LogP contribution in [-0.2, 0) is 4.79 Å². The van der Waals surface area contributed by atoms with Crippen molar-refractivity contribution in [2.45, 2.75) is 6.92 Å². The minimum absolute atomic E-state index is 0.0468. The summed E-state index contributed by atoms with van der Waals surface area (Å²) in [6.45, 7) is 1.96. The van der Waals surface area contributed by atoms with E-state index in [-0.39, 0.29) is 5.57 Å². The highest BCUT2D eigenvalue weighted by Gasteiger charge is 2.14. The van der Waals surface area contributed by atoms with E-state index in [4.69, 9.17) is 0 Å². The lowest BCUT2D eigenvalue weighted by molar-refractivity contribution is -0.112. The molecule has 0 radical (unpaired) electrons. The molecule has 110 valence electrons. The van der Waals surface area contributed by atoms with E-state index in [0.717, 1.165) is 20.1 Å². The van der Waals surface area contributed by atoms with E-state index in [9.17, 15) is 10.1 Å². The first-order valence-electron chi connectivity index (χ1n) is 6.45. The predicted molar refractivity (Wildman–Crippen MR) is 95.2 cm³/mol. The molecule has 2 aromatic carbocycles. The molecule has 0 spiro atoms. The van der Waals surface area contributed by atoms with Crippen LogP contribution in [0, 0.1) is 18.3 Å². The maximum Gasteiger partial charge on any atom is 0.266 e. The number of anilines is 1. The van der Waals surface area contributed by atoms with Crippen LogP contribution in [0.15, 0.2) is 57.0 Å². The maximum absolute atomic E-state index is 12.3. The van der Waals surface area contributed by atoms with E-state index >= 15 is 0 Å². The highest BCUT2D eigenvalue weighted by molar-refractivity contribution is 9.11. The Hall–Kier alpha value is -1.90. The summed E-state index contributed by atoms with van der Waals surface area (Å²) in [6.07, 6.45) is 1.56. The van der Waals surface area contributed by atoms with Gasteiger partial charge in [-0.3, -0.25) is 4.79 Å². The number of amides is 1. The molecule has 0 aliphatic carbocycles. The minimum atomic E-state index is -0.448. The van der Waals surface area contributed by atoms with Crippen LogP contribution in [0.3, 0.4) is 0 Å². The summed E-state index contributed by atoms with van der Waals surface area (Å²) < 4.78 is 1.51. The normalized spacial score (nSPS) is 10.9. The van der Waals surface area contributed by atoms with Gasteiger partial charge in [0.2, 0.25) is 0 Å². The van der Waals surface area contributed by atoms with Gasteiger partial charge < -0.3 is 5.32 Å². The first kappa shape index (κ1) is 16.5. The smallest absolute Gasteiger partial charge is 0.266 e. The topological polar surface area (TPSA) is 52.9 Å². The van der Waals surface area contributed by atoms with E-state index in [0.29, 0.717) is 5.69 Å². The molecule has 2 rings (SSSR count). The Morgan fingerprint density at radius 2 is 1.77 bits per heavy atom. The first-order valence-corrected chi connectivity index (χ1v) is 8.03. The van der Waals surface area contributed by atoms with Crippen molar-refractivity contribution in [3.63, 3.8) is 0 Å². The molecular formula is C17H12Br2N2O. The molecule has 0 saturated carbocycles. The summed E-state index contributed by atoms with van der Waals surface area (Å²) in [5.74, 6) is -0.448. The summed E-state index contributed by atoms with van der Waals surface area (Å²) in [7, 11) is 0. The lowest BCUT2D eigenvalue weighted by Gasteiger charge is -2.10. The molecule has 0 saturated heterocycles. The maximum atomic E-state index is 12.3. The molecule has 0 unspecified atom stereocenters. The standard InChI is InChI=1S/C17H12Br2N2O/c1-11-7-14(18)16(15(19)8-11)21-17(22)13(10-20)9-12-5-3-2-4-6-12/h2-9H,1H3,(H,21,22)/b13-9+. The molecule has 5 heteroatoms. The molecule has 22 heavy (non-hydrogen) atoms. The number of benzene rings is 2. The van der Waals surface area contributed by atoms with Gasteiger partial charge in [0.25, 0.3) is 5.91 Å². The number of halogens is 2. The van der Waals surface area contributed by atoms with E-state index in [1.807, 2.05) is 55.5 Å². The molecule has 2 aromatic rings. The summed E-state index contributed by atoms with van der Waals surface area (Å²) in [5.41, 5.74) is 2.50. The van der Waals surface area contributed by atoms with Crippen molar-refractivity contribution in [3.8, 4) is 6.07 Å². The van der Waals surface area contributed by atoms with Gasteiger partial charge in [-0.1, -0.05) is 30.3 Å². The third-order valence-electron chi connectivity index (χ3n) is 2.90. The van der Waals surface area contributed by atoms with Gasteiger partial charge in [-0.05, 0) is 68.1 Å². The number of hydrogen-bond donors (Lipinski definition) is 1. The average molecular weight is 420 g/mol. The van der Waals surface area contributed by atoms with Gasteiger partial charge in [0.1, 0.15) is 11.6 Å². The van der Waals surface area contributed by atoms with Crippen molar-refractivity contribution in [1.82, 2.24) is 0 Å². The fourth-order valence-corrected chi connectivity index (χ4v) is 3.48. The summed E-state index contributed by atoms with van der Waals surface area (Å²) >= 11 is 6.83. The van der Waals surface area contributed by atoms with E-state index in [2.05, 4.69) is 37.2 Å². The zero-order chi connectivity index (χ0) is 16.1. The SMILES string of the molecule is Cc1cc(Br)c(NC(=O)/C(C#N)=C/c2ccccc2)c(Br)c1. The summed E-state index contributed by atoms with van der Waals surface area (Å²) in [6, 6.07) is 15.0. The zero-order valence-electron chi connectivity index (χ0n) is 11.7. The number of hydrogen-bond acceptors (Lipinski definition) is 2. The van der Waals surface area contributed by atoms with Crippen LogP contribution in [0.4, 0.5) is 5.69 Å². The van der Waals surface area contributed by atoms with Gasteiger partial charge in [-0.2, -0.15) is 5.26 Å². The lowest BCUT2D eigenvalue weighted by atomic mass is 10.1. The number of rotatable bonds is 3. The molecule has 0 aromatic heterocycles. The van der Waals surface area contributed by atoms with Gasteiger partial charge >= 0.3 is 0 Å². The molecule has 0 aliphatic heterocycles. The van der Waals surface area contributed by atoms with E-state index in [1.165, 1.54) is 0 Å². The number of carbonyl (C=O) groups is 1. The van der Waals surface area contributed by atoms with Crippen molar-refractivity contribution in [1.29, 1.82) is 5.26 Å². The van der Waals surface area contributed by atoms with Gasteiger partial charge in [0, 0.05) is 8.95 Å². The fourth-order valence-electron chi connectivity index (χ4n) is 1.86. The van der Waals surface area contributed by atoms with Crippen LogP contribution >= 0.6 is 31.9 Å². The molecule has 0 fully saturated rings.